The minimum atomic E-state index is -2.84. The van der Waals surface area contributed by atoms with Crippen molar-refractivity contribution in [1.29, 1.82) is 4.78 Å². The first-order valence-electron chi connectivity index (χ1n) is 5.25. The van der Waals surface area contributed by atoms with Crippen molar-refractivity contribution in [1.82, 2.24) is 0 Å². The van der Waals surface area contributed by atoms with E-state index in [4.69, 9.17) is 4.78 Å². The third kappa shape index (κ3) is 3.04. The Labute approximate surface area is 102 Å². The van der Waals surface area contributed by atoms with E-state index in [2.05, 4.69) is 0 Å². The minimum absolute atomic E-state index is 0.534. The highest BCUT2D eigenvalue weighted by Gasteiger charge is 2.03. The molecule has 0 aliphatic rings. The van der Waals surface area contributed by atoms with Crippen LogP contribution in [-0.2, 0) is 9.73 Å². The average molecular weight is 243 g/mol. The van der Waals surface area contributed by atoms with Crippen LogP contribution < -0.4 is 0 Å². The van der Waals surface area contributed by atoms with Gasteiger partial charge in [0.15, 0.2) is 0 Å². The van der Waals surface area contributed by atoms with Gasteiger partial charge in [0.05, 0.1) is 14.6 Å². The fourth-order valence-corrected chi connectivity index (χ4v) is 2.51. The predicted octanol–water partition coefficient (Wildman–Crippen LogP) is 3.76. The molecule has 3 heteroatoms. The maximum absolute atomic E-state index is 12.1. The van der Waals surface area contributed by atoms with Crippen LogP contribution in [0.15, 0.2) is 71.0 Å². The van der Waals surface area contributed by atoms with Gasteiger partial charge in [-0.2, -0.15) is 0 Å². The zero-order valence-electron chi connectivity index (χ0n) is 9.24. The van der Waals surface area contributed by atoms with Crippen LogP contribution in [0.25, 0.3) is 6.08 Å². The van der Waals surface area contributed by atoms with Gasteiger partial charge in [-0.1, -0.05) is 48.5 Å². The van der Waals surface area contributed by atoms with Gasteiger partial charge in [0.1, 0.15) is 0 Å². The molecule has 0 bridgehead atoms. The van der Waals surface area contributed by atoms with Crippen LogP contribution in [0.1, 0.15) is 5.56 Å². The van der Waals surface area contributed by atoms with Crippen molar-refractivity contribution in [3.63, 3.8) is 0 Å². The summed E-state index contributed by atoms with van der Waals surface area (Å²) in [6, 6.07) is 18.4. The monoisotopic (exact) mass is 243 g/mol. The van der Waals surface area contributed by atoms with Crippen LogP contribution in [0.5, 0.6) is 0 Å². The maximum atomic E-state index is 12.1. The Morgan fingerprint density at radius 2 is 1.41 bits per heavy atom. The summed E-state index contributed by atoms with van der Waals surface area (Å²) in [5.41, 5.74) is 0.948. The Morgan fingerprint density at radius 1 is 0.882 bits per heavy atom. The molecule has 1 N–H and O–H groups in total. The molecule has 17 heavy (non-hydrogen) atoms. The fourth-order valence-electron chi connectivity index (χ4n) is 1.44. The summed E-state index contributed by atoms with van der Waals surface area (Å²) < 4.78 is 20.0. The van der Waals surface area contributed by atoms with Gasteiger partial charge < -0.3 is 0 Å². The van der Waals surface area contributed by atoms with Gasteiger partial charge in [0.25, 0.3) is 0 Å². The number of hydrogen-bond acceptors (Lipinski definition) is 2. The minimum Gasteiger partial charge on any atom is -0.245 e. The van der Waals surface area contributed by atoms with E-state index in [1.54, 1.807) is 30.3 Å². The van der Waals surface area contributed by atoms with Gasteiger partial charge in [0, 0.05) is 5.41 Å². The molecule has 86 valence electrons. The van der Waals surface area contributed by atoms with Gasteiger partial charge in [-0.05, 0) is 23.8 Å². The summed E-state index contributed by atoms with van der Waals surface area (Å²) in [5.74, 6) is 0. The van der Waals surface area contributed by atoms with Gasteiger partial charge in [0.2, 0.25) is 0 Å². The zero-order valence-corrected chi connectivity index (χ0v) is 10.1. The Balaban J connectivity index is 2.28. The first kappa shape index (κ1) is 11.6. The predicted molar refractivity (Wildman–Crippen MR) is 71.0 cm³/mol. The molecule has 2 aromatic rings. The lowest BCUT2D eigenvalue weighted by Gasteiger charge is -2.01. The van der Waals surface area contributed by atoms with Gasteiger partial charge in [-0.15, -0.1) is 0 Å². The molecule has 0 aliphatic heterocycles. The quantitative estimate of drug-likeness (QED) is 0.876. The number of hydrogen-bond donors (Lipinski definition) is 1. The normalized spacial score (nSPS) is 14.6. The van der Waals surface area contributed by atoms with Gasteiger partial charge in [-0.25, -0.2) is 8.99 Å². The Morgan fingerprint density at radius 3 is 2.00 bits per heavy atom. The van der Waals surface area contributed by atoms with Crippen molar-refractivity contribution in [3.05, 3.63) is 71.6 Å². The zero-order chi connectivity index (χ0) is 12.1. The van der Waals surface area contributed by atoms with Crippen LogP contribution in [0.2, 0.25) is 0 Å². The highest BCUT2D eigenvalue weighted by Crippen LogP contribution is 2.14. The highest BCUT2D eigenvalue weighted by molar-refractivity contribution is 7.95. The van der Waals surface area contributed by atoms with Crippen molar-refractivity contribution in [3.8, 4) is 0 Å². The standard InChI is InChI=1S/C14H13NOS/c15-17(16,14-9-5-2-6-10-14)12-11-13-7-3-1-4-8-13/h1-12,15H/b12-11+. The molecule has 0 aromatic heterocycles. The van der Waals surface area contributed by atoms with Gasteiger partial charge in [-0.3, -0.25) is 0 Å². The molecule has 2 nitrogen and oxygen atoms in total. The molecular formula is C14H13NOS. The van der Waals surface area contributed by atoms with Crippen molar-refractivity contribution in [2.45, 2.75) is 4.90 Å². The molecule has 0 saturated heterocycles. The molecule has 2 aromatic carbocycles. The molecule has 2 rings (SSSR count). The largest absolute Gasteiger partial charge is 0.245 e. The number of benzene rings is 2. The lowest BCUT2D eigenvalue weighted by atomic mass is 10.2. The van der Waals surface area contributed by atoms with E-state index in [-0.39, 0.29) is 0 Å². The lowest BCUT2D eigenvalue weighted by Crippen LogP contribution is -1.92. The van der Waals surface area contributed by atoms with Crippen molar-refractivity contribution >= 4 is 15.8 Å². The topological polar surface area (TPSA) is 40.9 Å². The summed E-state index contributed by atoms with van der Waals surface area (Å²) >= 11 is 0. The van der Waals surface area contributed by atoms with E-state index >= 15 is 0 Å². The molecule has 0 spiro atoms. The van der Waals surface area contributed by atoms with Crippen molar-refractivity contribution in [2.24, 2.45) is 0 Å². The molecule has 0 fully saturated rings. The summed E-state index contributed by atoms with van der Waals surface area (Å²) in [5, 5.41) is 1.46. The van der Waals surface area contributed by atoms with Crippen LogP contribution in [0.4, 0.5) is 0 Å². The Kier molecular flexibility index (Phi) is 3.40. The first-order chi connectivity index (χ1) is 8.18. The van der Waals surface area contributed by atoms with E-state index in [1.807, 2.05) is 36.4 Å². The summed E-state index contributed by atoms with van der Waals surface area (Å²) in [4.78, 5) is 0.534. The molecule has 0 heterocycles. The molecule has 1 unspecified atom stereocenters. The lowest BCUT2D eigenvalue weighted by molar-refractivity contribution is 0.681. The molecule has 0 amide bonds. The molecule has 0 aliphatic carbocycles. The smallest absolute Gasteiger partial charge is 0.0943 e. The second kappa shape index (κ2) is 4.97. The number of nitrogens with one attached hydrogen (secondary N) is 1. The van der Waals surface area contributed by atoms with Crippen molar-refractivity contribution in [2.75, 3.05) is 0 Å². The second-order valence-electron chi connectivity index (χ2n) is 3.63. The maximum Gasteiger partial charge on any atom is 0.0943 e. The third-order valence-corrected chi connectivity index (χ3v) is 3.84. The Bertz CT molecular complexity index is 601. The molecular weight excluding hydrogens is 230 g/mol. The van der Waals surface area contributed by atoms with Crippen LogP contribution in [-0.4, -0.2) is 4.21 Å². The summed E-state index contributed by atoms with van der Waals surface area (Å²) in [6.45, 7) is 0. The van der Waals surface area contributed by atoms with E-state index in [0.29, 0.717) is 4.90 Å². The fraction of sp³-hybridized carbons (Fsp3) is 0. The molecule has 0 saturated carbocycles. The highest BCUT2D eigenvalue weighted by atomic mass is 32.2. The van der Waals surface area contributed by atoms with Crippen molar-refractivity contribution < 1.29 is 4.21 Å². The SMILES string of the molecule is N=S(=O)(/C=C/c1ccccc1)c1ccccc1. The summed E-state index contributed by atoms with van der Waals surface area (Å²) in [7, 11) is -2.84. The van der Waals surface area contributed by atoms with Crippen LogP contribution >= 0.6 is 0 Å². The number of rotatable bonds is 3. The van der Waals surface area contributed by atoms with E-state index in [9.17, 15) is 4.21 Å². The second-order valence-corrected chi connectivity index (χ2v) is 5.57. The van der Waals surface area contributed by atoms with E-state index in [1.165, 1.54) is 5.41 Å². The molecule has 0 radical (unpaired) electrons. The summed E-state index contributed by atoms with van der Waals surface area (Å²) in [6.07, 6.45) is 1.72. The van der Waals surface area contributed by atoms with E-state index < -0.39 is 9.73 Å². The third-order valence-electron chi connectivity index (χ3n) is 2.35. The van der Waals surface area contributed by atoms with Crippen LogP contribution in [0, 0.1) is 4.78 Å². The Hall–Kier alpha value is -1.87. The molecule has 1 atom stereocenters. The van der Waals surface area contributed by atoms with E-state index in [0.717, 1.165) is 5.56 Å². The van der Waals surface area contributed by atoms with Crippen LogP contribution in [0.3, 0.4) is 0 Å². The first-order valence-corrected chi connectivity index (χ1v) is 6.88. The average Bonchev–Trinajstić information content (AvgIpc) is 2.39. The van der Waals surface area contributed by atoms with Gasteiger partial charge >= 0.3 is 0 Å².